The van der Waals surface area contributed by atoms with Gasteiger partial charge in [-0.25, -0.2) is 0 Å². The molecule has 0 fully saturated rings. The third kappa shape index (κ3) is 1.68. The first-order chi connectivity index (χ1) is 6.58. The zero-order valence-electron chi connectivity index (χ0n) is 7.73. The largest absolute Gasteiger partial charge is 0.446 e. The average Bonchev–Trinajstić information content (AvgIpc) is 2.57. The Kier molecular flexibility index (Phi) is 2.58. The highest BCUT2D eigenvalue weighted by molar-refractivity contribution is 9.10. The molecule has 0 bridgehead atoms. The lowest BCUT2D eigenvalue weighted by atomic mass is 10.2. The first-order valence-corrected chi connectivity index (χ1v) is 5.69. The van der Waals surface area contributed by atoms with Crippen LogP contribution in [0.4, 0.5) is 0 Å². The summed E-state index contributed by atoms with van der Waals surface area (Å²) in [6.07, 6.45) is 0. The van der Waals surface area contributed by atoms with Gasteiger partial charge in [0.15, 0.2) is 20.9 Å². The van der Waals surface area contributed by atoms with Crippen molar-refractivity contribution in [3.63, 3.8) is 0 Å². The maximum Gasteiger partial charge on any atom is 0.173 e. The second-order valence-electron chi connectivity index (χ2n) is 3.13. The Balaban J connectivity index is 2.54. The minimum absolute atomic E-state index is 0.718. The lowest BCUT2D eigenvalue weighted by Crippen LogP contribution is -1.70. The van der Waals surface area contributed by atoms with E-state index in [1.165, 1.54) is 0 Å². The molecule has 0 aliphatic rings. The summed E-state index contributed by atoms with van der Waals surface area (Å²) in [5, 5.41) is 0. The van der Waals surface area contributed by atoms with Crippen LogP contribution in [0.15, 0.2) is 30.3 Å². The van der Waals surface area contributed by atoms with Gasteiger partial charge in [-0.2, -0.15) is 0 Å². The molecule has 2 heterocycles. The summed E-state index contributed by atoms with van der Waals surface area (Å²) in [5.41, 5.74) is 2.12. The van der Waals surface area contributed by atoms with Crippen molar-refractivity contribution in [2.75, 3.05) is 0 Å². The van der Waals surface area contributed by atoms with E-state index in [1.807, 2.05) is 26.0 Å². The van der Waals surface area contributed by atoms with Crippen LogP contribution >= 0.6 is 31.9 Å². The Morgan fingerprint density at radius 3 is 2.14 bits per heavy atom. The molecule has 74 valence electrons. The van der Waals surface area contributed by atoms with Crippen molar-refractivity contribution in [1.82, 2.24) is 0 Å². The predicted octanol–water partition coefficient (Wildman–Crippen LogP) is 4.68. The van der Waals surface area contributed by atoms with Crippen LogP contribution in [0.3, 0.4) is 0 Å². The predicted molar refractivity (Wildman–Crippen MR) is 61.3 cm³/mol. The summed E-state index contributed by atoms with van der Waals surface area (Å²) in [7, 11) is 0. The molecule has 0 amide bonds. The molecule has 0 saturated carbocycles. The number of hydrogen-bond acceptors (Lipinski definition) is 2. The molecule has 14 heavy (non-hydrogen) atoms. The summed E-state index contributed by atoms with van der Waals surface area (Å²) in [6.45, 7) is 3.96. The topological polar surface area (TPSA) is 26.3 Å². The van der Waals surface area contributed by atoms with Crippen molar-refractivity contribution in [3.8, 4) is 11.5 Å². The molecule has 0 spiro atoms. The highest BCUT2D eigenvalue weighted by Gasteiger charge is 2.14. The molecule has 0 saturated heterocycles. The smallest absolute Gasteiger partial charge is 0.173 e. The van der Waals surface area contributed by atoms with Crippen LogP contribution in [0.5, 0.6) is 0 Å². The Morgan fingerprint density at radius 1 is 1.00 bits per heavy atom. The molecular weight excluding hydrogens is 312 g/mol. The summed E-state index contributed by atoms with van der Waals surface area (Å²) >= 11 is 6.61. The maximum atomic E-state index is 5.50. The lowest BCUT2D eigenvalue weighted by molar-refractivity contribution is 0.498. The number of aryl methyl sites for hydroxylation is 2. The minimum Gasteiger partial charge on any atom is -0.446 e. The molecule has 0 aromatic carbocycles. The van der Waals surface area contributed by atoms with Gasteiger partial charge in [0.2, 0.25) is 0 Å². The van der Waals surface area contributed by atoms with Gasteiger partial charge >= 0.3 is 0 Å². The van der Waals surface area contributed by atoms with Gasteiger partial charge in [0.05, 0.1) is 0 Å². The van der Waals surface area contributed by atoms with Crippen LogP contribution in [0.2, 0.25) is 0 Å². The van der Waals surface area contributed by atoms with Crippen molar-refractivity contribution < 1.29 is 8.83 Å². The molecule has 0 unspecified atom stereocenters. The van der Waals surface area contributed by atoms with Gasteiger partial charge < -0.3 is 8.83 Å². The van der Waals surface area contributed by atoms with E-state index in [0.717, 1.165) is 32.0 Å². The van der Waals surface area contributed by atoms with Gasteiger partial charge in [-0.05, 0) is 63.4 Å². The SMILES string of the molecule is Cc1cc(-c2oc(Br)cc2C)oc1Br. The molecule has 2 nitrogen and oxygen atoms in total. The second kappa shape index (κ2) is 3.59. The zero-order chi connectivity index (χ0) is 10.3. The van der Waals surface area contributed by atoms with E-state index in [-0.39, 0.29) is 0 Å². The van der Waals surface area contributed by atoms with E-state index in [0.29, 0.717) is 0 Å². The van der Waals surface area contributed by atoms with Gasteiger partial charge in [-0.15, -0.1) is 0 Å². The molecule has 0 radical (unpaired) electrons. The Labute approximate surface area is 98.5 Å². The molecule has 0 N–H and O–H groups in total. The van der Waals surface area contributed by atoms with Crippen LogP contribution in [-0.2, 0) is 0 Å². The van der Waals surface area contributed by atoms with E-state index in [4.69, 9.17) is 8.83 Å². The van der Waals surface area contributed by atoms with Crippen LogP contribution in [0, 0.1) is 13.8 Å². The van der Waals surface area contributed by atoms with Crippen LogP contribution in [-0.4, -0.2) is 0 Å². The fraction of sp³-hybridized carbons (Fsp3) is 0.200. The monoisotopic (exact) mass is 318 g/mol. The Hall–Kier alpha value is -0.480. The molecule has 0 aliphatic carbocycles. The van der Waals surface area contributed by atoms with E-state index in [2.05, 4.69) is 31.9 Å². The van der Waals surface area contributed by atoms with Crippen molar-refractivity contribution in [2.24, 2.45) is 0 Å². The summed E-state index contributed by atoms with van der Waals surface area (Å²) in [4.78, 5) is 0. The molecule has 2 aromatic rings. The number of halogens is 2. The highest BCUT2D eigenvalue weighted by atomic mass is 79.9. The normalized spacial score (nSPS) is 10.9. The second-order valence-corrected chi connectivity index (χ2v) is 4.63. The first-order valence-electron chi connectivity index (χ1n) is 4.10. The van der Waals surface area contributed by atoms with E-state index in [1.54, 1.807) is 0 Å². The van der Waals surface area contributed by atoms with E-state index >= 15 is 0 Å². The molecule has 2 aromatic heterocycles. The third-order valence-corrected chi connectivity index (χ3v) is 3.15. The number of hydrogen-bond donors (Lipinski definition) is 0. The quantitative estimate of drug-likeness (QED) is 0.762. The van der Waals surface area contributed by atoms with Crippen molar-refractivity contribution >= 4 is 31.9 Å². The fourth-order valence-corrected chi connectivity index (χ4v) is 2.05. The van der Waals surface area contributed by atoms with Crippen LogP contribution in [0.25, 0.3) is 11.5 Å². The molecule has 2 rings (SSSR count). The van der Waals surface area contributed by atoms with E-state index in [9.17, 15) is 0 Å². The molecule has 4 heteroatoms. The Bertz CT molecular complexity index is 449. The Morgan fingerprint density at radius 2 is 1.71 bits per heavy atom. The molecular formula is C10H8Br2O2. The van der Waals surface area contributed by atoms with Gasteiger partial charge in [0.25, 0.3) is 0 Å². The number of furan rings is 2. The summed E-state index contributed by atoms with van der Waals surface area (Å²) < 4.78 is 12.4. The number of rotatable bonds is 1. The standard InChI is InChI=1S/C10H8Br2O2/c1-5-4-8(11)14-9(5)7-3-6(2)10(12)13-7/h3-4H,1-2H3. The highest BCUT2D eigenvalue weighted by Crippen LogP contribution is 2.33. The third-order valence-electron chi connectivity index (χ3n) is 1.97. The molecule has 0 atom stereocenters. The van der Waals surface area contributed by atoms with Crippen molar-refractivity contribution in [1.29, 1.82) is 0 Å². The minimum atomic E-state index is 0.718. The van der Waals surface area contributed by atoms with Crippen molar-refractivity contribution in [2.45, 2.75) is 13.8 Å². The van der Waals surface area contributed by atoms with E-state index < -0.39 is 0 Å². The summed E-state index contributed by atoms with van der Waals surface area (Å²) in [6, 6.07) is 3.86. The van der Waals surface area contributed by atoms with Crippen molar-refractivity contribution in [3.05, 3.63) is 32.6 Å². The first kappa shape index (κ1) is 10.1. The van der Waals surface area contributed by atoms with Gasteiger partial charge in [-0.3, -0.25) is 0 Å². The summed E-state index contributed by atoms with van der Waals surface area (Å²) in [5.74, 6) is 1.52. The average molecular weight is 320 g/mol. The van der Waals surface area contributed by atoms with Crippen LogP contribution in [0.1, 0.15) is 11.1 Å². The lowest BCUT2D eigenvalue weighted by Gasteiger charge is -1.91. The van der Waals surface area contributed by atoms with Crippen LogP contribution < -0.4 is 0 Å². The van der Waals surface area contributed by atoms with Gasteiger partial charge in [-0.1, -0.05) is 0 Å². The van der Waals surface area contributed by atoms with Gasteiger partial charge in [0.1, 0.15) is 0 Å². The van der Waals surface area contributed by atoms with Gasteiger partial charge in [0, 0.05) is 5.56 Å². The zero-order valence-corrected chi connectivity index (χ0v) is 10.9. The maximum absolute atomic E-state index is 5.50. The fourth-order valence-electron chi connectivity index (χ4n) is 1.26. The molecule has 0 aliphatic heterocycles.